The van der Waals surface area contributed by atoms with Gasteiger partial charge < -0.3 is 15.4 Å². The molecule has 4 nitrogen and oxygen atoms in total. The van der Waals surface area contributed by atoms with Crippen molar-refractivity contribution in [1.82, 2.24) is 4.90 Å². The van der Waals surface area contributed by atoms with Crippen molar-refractivity contribution in [3.63, 3.8) is 0 Å². The van der Waals surface area contributed by atoms with Crippen LogP contribution in [0.4, 0.5) is 0 Å². The zero-order valence-electron chi connectivity index (χ0n) is 14.9. The van der Waals surface area contributed by atoms with E-state index in [9.17, 15) is 4.79 Å². The molecule has 26 heavy (non-hydrogen) atoms. The largest absolute Gasteiger partial charge is 0.457 e. The molecule has 6 heteroatoms. The lowest BCUT2D eigenvalue weighted by molar-refractivity contribution is 0.0533. The van der Waals surface area contributed by atoms with Crippen LogP contribution in [0, 0.1) is 5.41 Å². The summed E-state index contributed by atoms with van der Waals surface area (Å²) in [6.07, 6.45) is 0.828. The first-order valence-corrected chi connectivity index (χ1v) is 8.81. The highest BCUT2D eigenvalue weighted by Crippen LogP contribution is 2.29. The summed E-state index contributed by atoms with van der Waals surface area (Å²) in [6.45, 7) is 5.59. The number of carbonyl (C=O) groups is 1. The summed E-state index contributed by atoms with van der Waals surface area (Å²) in [4.78, 5) is 14.6. The minimum atomic E-state index is -0.0659. The second-order valence-corrected chi connectivity index (χ2v) is 7.63. The Kier molecular flexibility index (Phi) is 6.56. The second kappa shape index (κ2) is 8.30. The Morgan fingerprint density at radius 3 is 2.50 bits per heavy atom. The molecule has 1 atom stereocenters. The van der Waals surface area contributed by atoms with E-state index in [0.29, 0.717) is 35.2 Å². The van der Waals surface area contributed by atoms with Gasteiger partial charge in [0, 0.05) is 29.7 Å². The smallest absolute Gasteiger partial charge is 0.253 e. The lowest BCUT2D eigenvalue weighted by Crippen LogP contribution is -2.53. The molecule has 0 saturated carbocycles. The van der Waals surface area contributed by atoms with Gasteiger partial charge >= 0.3 is 0 Å². The summed E-state index contributed by atoms with van der Waals surface area (Å²) in [5.41, 5.74) is 6.74. The second-order valence-electron chi connectivity index (χ2n) is 7.19. The van der Waals surface area contributed by atoms with Crippen LogP contribution in [0.3, 0.4) is 0 Å². The minimum absolute atomic E-state index is 0. The van der Waals surface area contributed by atoms with Crippen LogP contribution in [-0.2, 0) is 0 Å². The predicted molar refractivity (Wildman–Crippen MR) is 107 cm³/mol. The molecule has 0 bridgehead atoms. The number of ether oxygens (including phenoxy) is 1. The van der Waals surface area contributed by atoms with E-state index < -0.39 is 0 Å². The number of halogens is 2. The first-order valence-electron chi connectivity index (χ1n) is 8.43. The zero-order valence-corrected chi connectivity index (χ0v) is 16.5. The Morgan fingerprint density at radius 1 is 1.19 bits per heavy atom. The van der Waals surface area contributed by atoms with E-state index >= 15 is 0 Å². The van der Waals surface area contributed by atoms with E-state index in [1.54, 1.807) is 36.4 Å². The molecule has 0 spiro atoms. The molecule has 1 saturated heterocycles. The van der Waals surface area contributed by atoms with Crippen molar-refractivity contribution in [2.24, 2.45) is 11.1 Å². The van der Waals surface area contributed by atoms with E-state index in [1.807, 2.05) is 17.0 Å². The third-order valence-corrected chi connectivity index (χ3v) is 4.97. The molecule has 0 aliphatic carbocycles. The summed E-state index contributed by atoms with van der Waals surface area (Å²) in [7, 11) is 0. The SMILES string of the molecule is CC1(C)CN(C(=O)c2ccc(Oc3cccc(Cl)c3)cc2)CCC1N.Cl. The Balaban J connectivity index is 0.00000243. The van der Waals surface area contributed by atoms with Crippen LogP contribution in [0.15, 0.2) is 48.5 Å². The number of nitrogens with two attached hydrogens (primary N) is 1. The Labute approximate surface area is 165 Å². The van der Waals surface area contributed by atoms with Gasteiger partial charge in [0.1, 0.15) is 11.5 Å². The van der Waals surface area contributed by atoms with Crippen molar-refractivity contribution in [2.45, 2.75) is 26.3 Å². The minimum Gasteiger partial charge on any atom is -0.457 e. The number of carbonyl (C=O) groups excluding carboxylic acids is 1. The van der Waals surface area contributed by atoms with Crippen LogP contribution in [-0.4, -0.2) is 29.9 Å². The fourth-order valence-electron chi connectivity index (χ4n) is 3.06. The third kappa shape index (κ3) is 4.70. The maximum absolute atomic E-state index is 12.7. The lowest BCUT2D eigenvalue weighted by atomic mass is 9.79. The summed E-state index contributed by atoms with van der Waals surface area (Å²) in [5, 5.41) is 0.621. The summed E-state index contributed by atoms with van der Waals surface area (Å²) < 4.78 is 5.76. The average Bonchev–Trinajstić information content (AvgIpc) is 2.57. The molecule has 140 valence electrons. The number of rotatable bonds is 3. The Bertz CT molecular complexity index is 763. The monoisotopic (exact) mass is 394 g/mol. The van der Waals surface area contributed by atoms with E-state index in [4.69, 9.17) is 22.1 Å². The van der Waals surface area contributed by atoms with Crippen molar-refractivity contribution >= 4 is 29.9 Å². The normalized spacial score (nSPS) is 18.8. The summed E-state index contributed by atoms with van der Waals surface area (Å²) in [5.74, 6) is 1.37. The van der Waals surface area contributed by atoms with Crippen LogP contribution in [0.1, 0.15) is 30.6 Å². The topological polar surface area (TPSA) is 55.6 Å². The molecule has 1 heterocycles. The van der Waals surface area contributed by atoms with Crippen LogP contribution in [0.5, 0.6) is 11.5 Å². The van der Waals surface area contributed by atoms with Gasteiger partial charge in [0.05, 0.1) is 0 Å². The highest BCUT2D eigenvalue weighted by molar-refractivity contribution is 6.30. The van der Waals surface area contributed by atoms with Gasteiger partial charge in [-0.15, -0.1) is 12.4 Å². The van der Waals surface area contributed by atoms with Gasteiger partial charge in [-0.25, -0.2) is 0 Å². The van der Waals surface area contributed by atoms with Gasteiger partial charge in [-0.2, -0.15) is 0 Å². The zero-order chi connectivity index (χ0) is 18.0. The quantitative estimate of drug-likeness (QED) is 0.816. The molecule has 1 fully saturated rings. The van der Waals surface area contributed by atoms with E-state index in [0.717, 1.165) is 6.42 Å². The highest BCUT2D eigenvalue weighted by Gasteiger charge is 2.35. The molecule has 1 unspecified atom stereocenters. The maximum atomic E-state index is 12.7. The average molecular weight is 395 g/mol. The number of hydrogen-bond donors (Lipinski definition) is 1. The number of nitrogens with zero attached hydrogens (tertiary/aromatic N) is 1. The third-order valence-electron chi connectivity index (χ3n) is 4.73. The van der Waals surface area contributed by atoms with E-state index in [1.165, 1.54) is 0 Å². The van der Waals surface area contributed by atoms with Gasteiger partial charge in [-0.1, -0.05) is 31.5 Å². The van der Waals surface area contributed by atoms with Crippen molar-refractivity contribution < 1.29 is 9.53 Å². The lowest BCUT2D eigenvalue weighted by Gasteiger charge is -2.42. The van der Waals surface area contributed by atoms with Crippen molar-refractivity contribution in [3.8, 4) is 11.5 Å². The molecule has 1 amide bonds. The van der Waals surface area contributed by atoms with Gasteiger partial charge in [-0.05, 0) is 54.3 Å². The molecule has 3 rings (SSSR count). The van der Waals surface area contributed by atoms with Gasteiger partial charge in [0.2, 0.25) is 0 Å². The van der Waals surface area contributed by atoms with Gasteiger partial charge in [0.25, 0.3) is 5.91 Å². The predicted octanol–water partition coefficient (Wildman–Crippen LogP) is 4.75. The molecule has 2 aromatic rings. The van der Waals surface area contributed by atoms with Crippen molar-refractivity contribution in [2.75, 3.05) is 13.1 Å². The molecule has 2 aromatic carbocycles. The van der Waals surface area contributed by atoms with Crippen LogP contribution in [0.25, 0.3) is 0 Å². The molecular weight excluding hydrogens is 371 g/mol. The van der Waals surface area contributed by atoms with Crippen LogP contribution in [0.2, 0.25) is 5.02 Å². The first kappa shape index (κ1) is 20.6. The maximum Gasteiger partial charge on any atom is 0.253 e. The van der Waals surface area contributed by atoms with E-state index in [-0.39, 0.29) is 29.8 Å². The van der Waals surface area contributed by atoms with Crippen LogP contribution < -0.4 is 10.5 Å². The molecule has 0 radical (unpaired) electrons. The Hall–Kier alpha value is -1.75. The molecule has 1 aliphatic heterocycles. The standard InChI is InChI=1S/C20H23ClN2O2.ClH/c1-20(2)13-23(11-10-18(20)22)19(24)14-6-8-16(9-7-14)25-17-5-3-4-15(21)12-17;/h3-9,12,18H,10-11,13,22H2,1-2H3;1H. The van der Waals surface area contributed by atoms with Crippen molar-refractivity contribution in [3.05, 3.63) is 59.1 Å². The number of piperidine rings is 1. The number of likely N-dealkylation sites (tertiary alicyclic amines) is 1. The summed E-state index contributed by atoms with van der Waals surface area (Å²) >= 11 is 5.96. The number of amides is 1. The molecule has 1 aliphatic rings. The number of hydrogen-bond acceptors (Lipinski definition) is 3. The van der Waals surface area contributed by atoms with Crippen LogP contribution >= 0.6 is 24.0 Å². The van der Waals surface area contributed by atoms with Gasteiger partial charge in [-0.3, -0.25) is 4.79 Å². The van der Waals surface area contributed by atoms with Crippen molar-refractivity contribution in [1.29, 1.82) is 0 Å². The fourth-order valence-corrected chi connectivity index (χ4v) is 3.24. The highest BCUT2D eigenvalue weighted by atomic mass is 35.5. The van der Waals surface area contributed by atoms with E-state index in [2.05, 4.69) is 13.8 Å². The molecular formula is C20H24Cl2N2O2. The summed E-state index contributed by atoms with van der Waals surface area (Å²) in [6, 6.07) is 14.5. The number of benzene rings is 2. The first-order chi connectivity index (χ1) is 11.8. The van der Waals surface area contributed by atoms with Gasteiger partial charge in [0.15, 0.2) is 0 Å². The molecule has 0 aromatic heterocycles. The Morgan fingerprint density at radius 2 is 1.88 bits per heavy atom. The fraction of sp³-hybridized carbons (Fsp3) is 0.350. The molecule has 2 N–H and O–H groups in total.